The Bertz CT molecular complexity index is 2350. The van der Waals surface area contributed by atoms with Gasteiger partial charge in [0.15, 0.2) is 0 Å². The first-order valence-electron chi connectivity index (χ1n) is 17.8. The monoisotopic (exact) mass is 842 g/mol. The Hall–Kier alpha value is -3.20. The first-order valence-corrected chi connectivity index (χ1v) is 23.9. The van der Waals surface area contributed by atoms with E-state index in [1.54, 1.807) is 30.4 Å². The third-order valence-electron chi connectivity index (χ3n) is 10.3. The predicted molar refractivity (Wildman–Crippen MR) is 212 cm³/mol. The summed E-state index contributed by atoms with van der Waals surface area (Å²) in [5, 5.41) is 0. The fourth-order valence-electron chi connectivity index (χ4n) is 7.58. The Morgan fingerprint density at radius 2 is 1.27 bits per heavy atom. The molecule has 0 fully saturated rings. The second kappa shape index (κ2) is 17.1. The van der Waals surface area contributed by atoms with Crippen molar-refractivity contribution in [1.29, 1.82) is 0 Å². The summed E-state index contributed by atoms with van der Waals surface area (Å²) in [4.78, 5) is 1.28. The molecular weight excluding hydrogens is 793 g/mol. The summed E-state index contributed by atoms with van der Waals surface area (Å²) >= 11 is 0. The molecule has 2 aromatic carbocycles. The van der Waals surface area contributed by atoms with Crippen LogP contribution in [-0.4, -0.2) is 76.5 Å². The molecule has 0 amide bonds. The molecular formula is C37H50N2O12S4. The van der Waals surface area contributed by atoms with Crippen LogP contribution in [0.15, 0.2) is 87.8 Å². The average Bonchev–Trinajstić information content (AvgIpc) is 3.41. The molecule has 1 unspecified atom stereocenters. The lowest BCUT2D eigenvalue weighted by molar-refractivity contribution is 0.475. The molecule has 0 saturated carbocycles. The van der Waals surface area contributed by atoms with Gasteiger partial charge in [-0.05, 0) is 103 Å². The molecule has 0 spiro atoms. The molecule has 0 radical (unpaired) electrons. The van der Waals surface area contributed by atoms with Crippen molar-refractivity contribution in [1.82, 2.24) is 0 Å². The number of nitrogens with zero attached hydrogens (tertiary/aromatic N) is 1. The highest BCUT2D eigenvalue weighted by atomic mass is 32.2. The van der Waals surface area contributed by atoms with Gasteiger partial charge in [0.2, 0.25) is 0 Å². The van der Waals surface area contributed by atoms with Crippen molar-refractivity contribution in [3.8, 4) is 0 Å². The molecule has 0 bridgehead atoms. The number of fused-ring (bicyclic) bond motifs is 2. The number of rotatable bonds is 19. The molecule has 304 valence electrons. The highest BCUT2D eigenvalue weighted by Gasteiger charge is 2.42. The van der Waals surface area contributed by atoms with Gasteiger partial charge in [-0.1, -0.05) is 70.4 Å². The normalized spacial score (nSPS) is 19.6. The summed E-state index contributed by atoms with van der Waals surface area (Å²) in [5.74, 6) is -0.963. The van der Waals surface area contributed by atoms with Gasteiger partial charge in [-0.25, -0.2) is 0 Å². The first kappa shape index (κ1) is 44.5. The molecule has 4 rings (SSSR count). The van der Waals surface area contributed by atoms with Crippen molar-refractivity contribution in [3.05, 3.63) is 94.7 Å². The number of nitrogens with two attached hydrogens (primary N) is 1. The molecule has 1 atom stereocenters. The molecule has 1 aliphatic heterocycles. The third kappa shape index (κ3) is 11.0. The Labute approximate surface area is 324 Å². The summed E-state index contributed by atoms with van der Waals surface area (Å²) < 4.78 is 133. The van der Waals surface area contributed by atoms with E-state index in [0.29, 0.717) is 41.0 Å². The topological polar surface area (TPSA) is 247 Å². The highest BCUT2D eigenvalue weighted by Crippen LogP contribution is 2.52. The molecule has 1 heterocycles. The van der Waals surface area contributed by atoms with Crippen LogP contribution in [0.4, 0.5) is 5.69 Å². The van der Waals surface area contributed by atoms with Crippen LogP contribution in [0.1, 0.15) is 88.8 Å². The smallest absolute Gasteiger partial charge is 0.294 e. The van der Waals surface area contributed by atoms with Crippen LogP contribution in [0.5, 0.6) is 0 Å². The van der Waals surface area contributed by atoms with E-state index in [9.17, 15) is 51.9 Å². The van der Waals surface area contributed by atoms with Crippen LogP contribution in [0.3, 0.4) is 0 Å². The number of benzene rings is 2. The van der Waals surface area contributed by atoms with E-state index in [1.165, 1.54) is 30.3 Å². The van der Waals surface area contributed by atoms with E-state index in [1.807, 2.05) is 31.7 Å². The molecule has 0 saturated heterocycles. The van der Waals surface area contributed by atoms with Crippen molar-refractivity contribution < 1.29 is 51.9 Å². The van der Waals surface area contributed by atoms with Crippen LogP contribution in [0, 0.1) is 0 Å². The Morgan fingerprint density at radius 3 is 1.87 bits per heavy atom. The van der Waals surface area contributed by atoms with Gasteiger partial charge in [-0.3, -0.25) is 18.2 Å². The van der Waals surface area contributed by atoms with Gasteiger partial charge in [0.05, 0.1) is 21.3 Å². The van der Waals surface area contributed by atoms with Crippen molar-refractivity contribution >= 4 is 51.7 Å². The number of hydrogen-bond donors (Lipinski definition) is 5. The number of unbranched alkanes of at least 4 members (excludes halogenated alkanes) is 3. The predicted octanol–water partition coefficient (Wildman–Crippen LogP) is 5.85. The zero-order valence-electron chi connectivity index (χ0n) is 31.0. The minimum absolute atomic E-state index is 0.0640. The minimum Gasteiger partial charge on any atom is -0.344 e. The van der Waals surface area contributed by atoms with Crippen molar-refractivity contribution in [2.24, 2.45) is 5.73 Å². The third-order valence-corrected chi connectivity index (χ3v) is 13.6. The van der Waals surface area contributed by atoms with Crippen molar-refractivity contribution in [2.45, 2.75) is 92.8 Å². The van der Waals surface area contributed by atoms with Crippen LogP contribution in [0.25, 0.3) is 5.57 Å². The lowest BCUT2D eigenvalue weighted by atomic mass is 9.74. The van der Waals surface area contributed by atoms with Gasteiger partial charge >= 0.3 is 0 Å². The highest BCUT2D eigenvalue weighted by molar-refractivity contribution is 7.86. The SMILES string of the molecule is CC1(CCCCCCN)C(/C=C/C=C/C=C2\N(CCCS(=O)(=O)O)c3ccc(S(=O)(=O)O)cc3C2(C)C)=C(CCCS(=O)(=O)O)c2ccc(S(=O)(=O)O)cc21. The maximum atomic E-state index is 12.2. The molecule has 18 heteroatoms. The Morgan fingerprint density at radius 1 is 0.691 bits per heavy atom. The van der Waals surface area contributed by atoms with Gasteiger partial charge < -0.3 is 10.6 Å². The van der Waals surface area contributed by atoms with Gasteiger partial charge in [0.25, 0.3) is 40.5 Å². The van der Waals surface area contributed by atoms with E-state index >= 15 is 0 Å². The standard InChI is InChI=1S/C37H50N2O12S4/c1-36(2)33-26-28(55(49,50)51)17-19-34(33)39(22-12-24-53(43,44)45)35(36)15-8-6-7-14-31-29(13-11-23-52(40,41)42)30-18-16-27(54(46,47)48)25-32(30)37(31,3)20-9-4-5-10-21-38/h6-8,14-19,25-26H,4-5,9-13,20-24,38H2,1-3H3,(H,40,41,42)(H,43,44,45)(H,46,47,48)(H,49,50,51)/b8-6+,14-7+,35-15-. The molecule has 2 aromatic rings. The van der Waals surface area contributed by atoms with Crippen LogP contribution < -0.4 is 10.6 Å². The lowest BCUT2D eigenvalue weighted by Crippen LogP contribution is -2.28. The quantitative estimate of drug-likeness (QED) is 0.0633. The van der Waals surface area contributed by atoms with Gasteiger partial charge in [0.1, 0.15) is 0 Å². The zero-order valence-corrected chi connectivity index (χ0v) is 34.3. The maximum absolute atomic E-state index is 12.2. The second-order valence-corrected chi connectivity index (χ2v) is 20.6. The molecule has 2 aliphatic rings. The van der Waals surface area contributed by atoms with E-state index in [4.69, 9.17) is 5.73 Å². The summed E-state index contributed by atoms with van der Waals surface area (Å²) in [5.41, 5.74) is 9.01. The molecule has 0 aromatic heterocycles. The van der Waals surface area contributed by atoms with Crippen molar-refractivity contribution in [3.63, 3.8) is 0 Å². The first-order chi connectivity index (χ1) is 25.4. The number of hydrogen-bond acceptors (Lipinski definition) is 10. The van der Waals surface area contributed by atoms with E-state index in [-0.39, 0.29) is 35.6 Å². The summed E-state index contributed by atoms with van der Waals surface area (Å²) in [7, 11) is -17.5. The Balaban J connectivity index is 1.77. The fourth-order valence-corrected chi connectivity index (χ4v) is 9.60. The molecule has 6 N–H and O–H groups in total. The average molecular weight is 843 g/mol. The molecule has 1 aliphatic carbocycles. The van der Waals surface area contributed by atoms with E-state index < -0.39 is 62.8 Å². The number of anilines is 1. The van der Waals surface area contributed by atoms with Crippen LogP contribution in [0.2, 0.25) is 0 Å². The minimum atomic E-state index is -4.54. The van der Waals surface area contributed by atoms with E-state index in [0.717, 1.165) is 36.8 Å². The van der Waals surface area contributed by atoms with Crippen LogP contribution in [-0.2, 0) is 51.3 Å². The number of allylic oxidation sites excluding steroid dienone is 8. The van der Waals surface area contributed by atoms with Gasteiger partial charge in [-0.2, -0.15) is 33.7 Å². The van der Waals surface area contributed by atoms with Gasteiger partial charge in [-0.15, -0.1) is 0 Å². The fraction of sp³-hybridized carbons (Fsp3) is 0.459. The van der Waals surface area contributed by atoms with E-state index in [2.05, 4.69) is 0 Å². The van der Waals surface area contributed by atoms with Gasteiger partial charge in [0, 0.05) is 28.8 Å². The maximum Gasteiger partial charge on any atom is 0.294 e. The lowest BCUT2D eigenvalue weighted by Gasteiger charge is -2.29. The second-order valence-electron chi connectivity index (χ2n) is 14.6. The molecule has 14 nitrogen and oxygen atoms in total. The molecule has 55 heavy (non-hydrogen) atoms. The summed E-state index contributed by atoms with van der Waals surface area (Å²) in [6.07, 6.45) is 13.4. The largest absolute Gasteiger partial charge is 0.344 e. The summed E-state index contributed by atoms with van der Waals surface area (Å²) in [6, 6.07) is 8.55. The van der Waals surface area contributed by atoms with Crippen LogP contribution >= 0.6 is 0 Å². The Kier molecular flexibility index (Phi) is 13.9. The zero-order chi connectivity index (χ0) is 41.0. The van der Waals surface area contributed by atoms with Crippen molar-refractivity contribution in [2.75, 3.05) is 29.5 Å². The summed E-state index contributed by atoms with van der Waals surface area (Å²) in [6.45, 7) is 6.43.